The van der Waals surface area contributed by atoms with Crippen LogP contribution in [0.15, 0.2) is 24.3 Å². The molecular weight excluding hydrogens is 248 g/mol. The maximum absolute atomic E-state index is 11.6. The summed E-state index contributed by atoms with van der Waals surface area (Å²) in [5.41, 5.74) is 2.53. The Hall–Kier alpha value is -1.31. The van der Waals surface area contributed by atoms with E-state index in [1.54, 1.807) is 0 Å². The number of esters is 1. The van der Waals surface area contributed by atoms with Crippen LogP contribution in [-0.2, 0) is 16.1 Å². The third-order valence-corrected chi connectivity index (χ3v) is 4.45. The summed E-state index contributed by atoms with van der Waals surface area (Å²) in [7, 11) is 0. The molecule has 1 aromatic rings. The third kappa shape index (κ3) is 4.09. The van der Waals surface area contributed by atoms with Gasteiger partial charge >= 0.3 is 5.97 Å². The van der Waals surface area contributed by atoms with E-state index in [9.17, 15) is 4.79 Å². The van der Waals surface area contributed by atoms with E-state index < -0.39 is 0 Å². The molecule has 1 aliphatic rings. The minimum Gasteiger partial charge on any atom is -0.461 e. The van der Waals surface area contributed by atoms with Gasteiger partial charge in [0.2, 0.25) is 0 Å². The van der Waals surface area contributed by atoms with Crippen molar-refractivity contribution < 1.29 is 9.53 Å². The summed E-state index contributed by atoms with van der Waals surface area (Å²) < 4.78 is 5.33. The number of carbonyl (C=O) groups is 1. The molecule has 0 aromatic heterocycles. The van der Waals surface area contributed by atoms with Gasteiger partial charge in [-0.05, 0) is 36.3 Å². The van der Waals surface area contributed by atoms with Gasteiger partial charge < -0.3 is 4.74 Å². The van der Waals surface area contributed by atoms with Crippen molar-refractivity contribution in [2.45, 2.75) is 64.9 Å². The fourth-order valence-electron chi connectivity index (χ4n) is 2.79. The van der Waals surface area contributed by atoms with Crippen LogP contribution >= 0.6 is 0 Å². The summed E-state index contributed by atoms with van der Waals surface area (Å²) in [6.45, 7) is 4.31. The highest BCUT2D eigenvalue weighted by Crippen LogP contribution is 2.32. The van der Waals surface area contributed by atoms with Gasteiger partial charge in [-0.15, -0.1) is 0 Å². The predicted octanol–water partition coefficient (Wildman–Crippen LogP) is 4.82. The average molecular weight is 274 g/mol. The highest BCUT2D eigenvalue weighted by molar-refractivity contribution is 5.71. The molecule has 1 saturated carbocycles. The molecule has 20 heavy (non-hydrogen) atoms. The normalized spacial score (nSPS) is 17.7. The molecule has 1 aromatic carbocycles. The van der Waals surface area contributed by atoms with Crippen LogP contribution in [0.1, 0.15) is 69.4 Å². The number of hydrogen-bond acceptors (Lipinski definition) is 2. The number of ether oxygens (including phenoxy) is 1. The van der Waals surface area contributed by atoms with Gasteiger partial charge in [-0.2, -0.15) is 0 Å². The fourth-order valence-corrected chi connectivity index (χ4v) is 2.79. The predicted molar refractivity (Wildman–Crippen MR) is 81.5 cm³/mol. The minimum atomic E-state index is -0.0937. The second-order valence-electron chi connectivity index (χ2n) is 5.99. The lowest BCUT2D eigenvalue weighted by molar-refractivity contribution is -0.149. The van der Waals surface area contributed by atoms with Gasteiger partial charge in [0.15, 0.2) is 0 Å². The first-order valence-electron chi connectivity index (χ1n) is 7.96. The maximum Gasteiger partial charge on any atom is 0.308 e. The Balaban J connectivity index is 1.86. The fraction of sp³-hybridized carbons (Fsp3) is 0.611. The Morgan fingerprint density at radius 1 is 1.20 bits per heavy atom. The van der Waals surface area contributed by atoms with Crippen LogP contribution in [0.4, 0.5) is 0 Å². The summed E-state index contributed by atoms with van der Waals surface area (Å²) in [6, 6.07) is 8.63. The second-order valence-corrected chi connectivity index (χ2v) is 5.99. The molecule has 110 valence electrons. The number of rotatable bonds is 5. The van der Waals surface area contributed by atoms with E-state index in [4.69, 9.17) is 4.74 Å². The zero-order chi connectivity index (χ0) is 14.4. The maximum atomic E-state index is 11.6. The molecule has 0 radical (unpaired) electrons. The molecule has 1 unspecified atom stereocenters. The molecule has 0 spiro atoms. The molecule has 2 rings (SSSR count). The van der Waals surface area contributed by atoms with Crippen LogP contribution in [0.3, 0.4) is 0 Å². The average Bonchev–Trinajstić information content (AvgIpc) is 2.53. The highest BCUT2D eigenvalue weighted by Gasteiger charge is 2.15. The van der Waals surface area contributed by atoms with Crippen molar-refractivity contribution in [2.24, 2.45) is 5.92 Å². The summed E-state index contributed by atoms with van der Waals surface area (Å²) in [6.07, 6.45) is 7.59. The van der Waals surface area contributed by atoms with E-state index in [2.05, 4.69) is 24.3 Å². The lowest BCUT2D eigenvalue weighted by atomic mass is 9.84. The first kappa shape index (κ1) is 15.1. The van der Waals surface area contributed by atoms with Gasteiger partial charge in [-0.3, -0.25) is 4.79 Å². The molecule has 0 aliphatic heterocycles. The number of carbonyl (C=O) groups excluding carboxylic acids is 1. The van der Waals surface area contributed by atoms with Crippen molar-refractivity contribution in [1.29, 1.82) is 0 Å². The Kier molecular flexibility index (Phi) is 5.63. The van der Waals surface area contributed by atoms with Gasteiger partial charge in [0.25, 0.3) is 0 Å². The topological polar surface area (TPSA) is 26.3 Å². The number of benzene rings is 1. The molecule has 0 amide bonds. The summed E-state index contributed by atoms with van der Waals surface area (Å²) in [4.78, 5) is 11.6. The molecule has 2 nitrogen and oxygen atoms in total. The van der Waals surface area contributed by atoms with Gasteiger partial charge in [0, 0.05) is 0 Å². The van der Waals surface area contributed by atoms with Crippen LogP contribution in [0, 0.1) is 5.92 Å². The van der Waals surface area contributed by atoms with E-state index in [1.807, 2.05) is 13.8 Å². The first-order chi connectivity index (χ1) is 9.70. The van der Waals surface area contributed by atoms with E-state index in [0.717, 1.165) is 17.9 Å². The van der Waals surface area contributed by atoms with Crippen molar-refractivity contribution in [3.63, 3.8) is 0 Å². The molecule has 1 aliphatic carbocycles. The molecular formula is C18H26O2. The lowest BCUT2D eigenvalue weighted by Gasteiger charge is -2.22. The Labute approximate surface area is 122 Å². The van der Waals surface area contributed by atoms with E-state index in [0.29, 0.717) is 6.61 Å². The van der Waals surface area contributed by atoms with Crippen molar-refractivity contribution >= 4 is 5.97 Å². The van der Waals surface area contributed by atoms with Gasteiger partial charge in [-0.25, -0.2) is 0 Å². The van der Waals surface area contributed by atoms with Gasteiger partial charge in [-0.1, -0.05) is 57.4 Å². The van der Waals surface area contributed by atoms with Crippen LogP contribution in [-0.4, -0.2) is 5.97 Å². The molecule has 1 fully saturated rings. The van der Waals surface area contributed by atoms with E-state index >= 15 is 0 Å². The van der Waals surface area contributed by atoms with Crippen molar-refractivity contribution in [3.8, 4) is 0 Å². The second kappa shape index (κ2) is 7.47. The SMILES string of the molecule is CCC(C)C(=O)OCc1ccc(C2CCCCC2)cc1. The quantitative estimate of drug-likeness (QED) is 0.719. The molecule has 1 atom stereocenters. The molecule has 0 heterocycles. The molecule has 0 bridgehead atoms. The van der Waals surface area contributed by atoms with Crippen molar-refractivity contribution in [1.82, 2.24) is 0 Å². The number of hydrogen-bond donors (Lipinski definition) is 0. The van der Waals surface area contributed by atoms with Crippen LogP contribution in [0.2, 0.25) is 0 Å². The Bertz CT molecular complexity index is 416. The smallest absolute Gasteiger partial charge is 0.308 e. The highest BCUT2D eigenvalue weighted by atomic mass is 16.5. The third-order valence-electron chi connectivity index (χ3n) is 4.45. The molecule has 0 N–H and O–H groups in total. The monoisotopic (exact) mass is 274 g/mol. The summed E-state index contributed by atoms with van der Waals surface area (Å²) in [5.74, 6) is 0.640. The van der Waals surface area contributed by atoms with Gasteiger partial charge in [0.05, 0.1) is 5.92 Å². The van der Waals surface area contributed by atoms with Crippen LogP contribution in [0.25, 0.3) is 0 Å². The zero-order valence-electron chi connectivity index (χ0n) is 12.7. The molecule has 2 heteroatoms. The summed E-state index contributed by atoms with van der Waals surface area (Å²) >= 11 is 0. The molecule has 0 saturated heterocycles. The van der Waals surface area contributed by atoms with Crippen molar-refractivity contribution in [2.75, 3.05) is 0 Å². The summed E-state index contributed by atoms with van der Waals surface area (Å²) in [5, 5.41) is 0. The Morgan fingerprint density at radius 3 is 2.45 bits per heavy atom. The lowest BCUT2D eigenvalue weighted by Crippen LogP contribution is -2.13. The largest absolute Gasteiger partial charge is 0.461 e. The van der Waals surface area contributed by atoms with Crippen LogP contribution in [0.5, 0.6) is 0 Å². The Morgan fingerprint density at radius 2 is 1.85 bits per heavy atom. The van der Waals surface area contributed by atoms with Crippen LogP contribution < -0.4 is 0 Å². The van der Waals surface area contributed by atoms with E-state index in [1.165, 1.54) is 37.7 Å². The first-order valence-corrected chi connectivity index (χ1v) is 7.96. The standard InChI is InChI=1S/C18H26O2/c1-3-14(2)18(19)20-13-15-9-11-17(12-10-15)16-7-5-4-6-8-16/h9-12,14,16H,3-8,13H2,1-2H3. The van der Waals surface area contributed by atoms with Gasteiger partial charge in [0.1, 0.15) is 6.61 Å². The zero-order valence-corrected chi connectivity index (χ0v) is 12.7. The minimum absolute atomic E-state index is 0.00323. The van der Waals surface area contributed by atoms with E-state index in [-0.39, 0.29) is 11.9 Å². The van der Waals surface area contributed by atoms with Crippen molar-refractivity contribution in [3.05, 3.63) is 35.4 Å².